The van der Waals surface area contributed by atoms with Gasteiger partial charge in [0.05, 0.1) is 5.60 Å². The zero-order chi connectivity index (χ0) is 11.9. The van der Waals surface area contributed by atoms with Crippen LogP contribution in [0.15, 0.2) is 12.7 Å². The van der Waals surface area contributed by atoms with Crippen molar-refractivity contribution in [1.82, 2.24) is 0 Å². The second-order valence-electron chi connectivity index (χ2n) is 6.32. The average molecular weight is 236 g/mol. The highest BCUT2D eigenvalue weighted by atomic mass is 16.7. The minimum atomic E-state index is -0.0281. The van der Waals surface area contributed by atoms with Gasteiger partial charge in [0, 0.05) is 12.0 Å². The fourth-order valence-electron chi connectivity index (χ4n) is 4.25. The molecule has 2 bridgehead atoms. The van der Waals surface area contributed by atoms with Gasteiger partial charge in [-0.15, -0.1) is 6.58 Å². The van der Waals surface area contributed by atoms with Crippen molar-refractivity contribution >= 4 is 0 Å². The molecule has 2 nitrogen and oxygen atoms in total. The Hall–Kier alpha value is -0.340. The van der Waals surface area contributed by atoms with Crippen molar-refractivity contribution < 1.29 is 9.47 Å². The summed E-state index contributed by atoms with van der Waals surface area (Å²) >= 11 is 0. The number of hydrogen-bond donors (Lipinski definition) is 0. The van der Waals surface area contributed by atoms with Gasteiger partial charge in [0.15, 0.2) is 6.29 Å². The molecule has 4 atom stereocenters. The fourth-order valence-corrected chi connectivity index (χ4v) is 4.25. The lowest BCUT2D eigenvalue weighted by atomic mass is 9.72. The fraction of sp³-hybridized carbons (Fsp3) is 0.867. The molecule has 3 fully saturated rings. The van der Waals surface area contributed by atoms with Crippen LogP contribution < -0.4 is 0 Å². The molecule has 0 radical (unpaired) electrons. The van der Waals surface area contributed by atoms with E-state index >= 15 is 0 Å². The van der Waals surface area contributed by atoms with Gasteiger partial charge >= 0.3 is 0 Å². The van der Waals surface area contributed by atoms with Crippen LogP contribution in [0.1, 0.15) is 51.9 Å². The first-order chi connectivity index (χ1) is 8.17. The number of rotatable bonds is 3. The highest BCUT2D eigenvalue weighted by Gasteiger charge is 2.59. The monoisotopic (exact) mass is 236 g/mol. The van der Waals surface area contributed by atoms with Crippen molar-refractivity contribution in [3.8, 4) is 0 Å². The Labute approximate surface area is 104 Å². The van der Waals surface area contributed by atoms with Gasteiger partial charge < -0.3 is 9.47 Å². The first kappa shape index (κ1) is 11.7. The standard InChI is InChI=1S/C15H24O2/c1-3-15-8-7-12(11-15)10-14(15,2)17-13-6-4-5-9-16-13/h3,12-13H,1,4-11H2,2H3. The van der Waals surface area contributed by atoms with Crippen LogP contribution in [-0.4, -0.2) is 18.5 Å². The molecule has 0 spiro atoms. The third-order valence-corrected chi connectivity index (χ3v) is 5.30. The Kier molecular flexibility index (Phi) is 2.83. The van der Waals surface area contributed by atoms with E-state index in [0.717, 1.165) is 18.9 Å². The molecule has 2 aliphatic carbocycles. The SMILES string of the molecule is C=CC12CCC(C1)CC2(C)OC1CCCCO1. The Morgan fingerprint density at radius 2 is 2.18 bits per heavy atom. The molecular formula is C15H24O2. The predicted octanol–water partition coefficient (Wildman–Crippen LogP) is 3.66. The van der Waals surface area contributed by atoms with Gasteiger partial charge in [-0.1, -0.05) is 6.08 Å². The zero-order valence-electron chi connectivity index (χ0n) is 10.9. The van der Waals surface area contributed by atoms with Gasteiger partial charge in [-0.05, 0) is 57.8 Å². The Morgan fingerprint density at radius 3 is 2.82 bits per heavy atom. The number of ether oxygens (including phenoxy) is 2. The lowest BCUT2D eigenvalue weighted by Crippen LogP contribution is -2.46. The van der Waals surface area contributed by atoms with Gasteiger partial charge in [0.2, 0.25) is 0 Å². The van der Waals surface area contributed by atoms with E-state index in [2.05, 4.69) is 19.6 Å². The van der Waals surface area contributed by atoms with E-state index in [-0.39, 0.29) is 17.3 Å². The van der Waals surface area contributed by atoms with Crippen molar-refractivity contribution in [2.75, 3.05) is 6.61 Å². The van der Waals surface area contributed by atoms with Crippen LogP contribution in [0.25, 0.3) is 0 Å². The molecule has 2 heteroatoms. The van der Waals surface area contributed by atoms with E-state index in [1.165, 1.54) is 38.5 Å². The minimum Gasteiger partial charge on any atom is -0.353 e. The molecule has 3 aliphatic rings. The number of hydrogen-bond acceptors (Lipinski definition) is 2. The van der Waals surface area contributed by atoms with Crippen LogP contribution in [0.2, 0.25) is 0 Å². The number of fused-ring (bicyclic) bond motifs is 2. The molecule has 17 heavy (non-hydrogen) atoms. The van der Waals surface area contributed by atoms with Crippen LogP contribution >= 0.6 is 0 Å². The molecule has 96 valence electrons. The van der Waals surface area contributed by atoms with Crippen LogP contribution in [0.4, 0.5) is 0 Å². The lowest BCUT2D eigenvalue weighted by molar-refractivity contribution is -0.243. The van der Waals surface area contributed by atoms with Gasteiger partial charge in [-0.3, -0.25) is 0 Å². The minimum absolute atomic E-state index is 0.0281. The van der Waals surface area contributed by atoms with Crippen molar-refractivity contribution in [1.29, 1.82) is 0 Å². The zero-order valence-corrected chi connectivity index (χ0v) is 10.9. The summed E-state index contributed by atoms with van der Waals surface area (Å²) in [6.07, 6.45) is 10.8. The third kappa shape index (κ3) is 1.77. The van der Waals surface area contributed by atoms with Crippen molar-refractivity contribution in [3.05, 3.63) is 12.7 Å². The summed E-state index contributed by atoms with van der Waals surface area (Å²) in [6, 6.07) is 0. The largest absolute Gasteiger partial charge is 0.353 e. The lowest BCUT2D eigenvalue weighted by Gasteiger charge is -2.45. The maximum Gasteiger partial charge on any atom is 0.158 e. The van der Waals surface area contributed by atoms with E-state index in [4.69, 9.17) is 9.47 Å². The molecule has 0 amide bonds. The van der Waals surface area contributed by atoms with Crippen LogP contribution in [-0.2, 0) is 9.47 Å². The van der Waals surface area contributed by atoms with Gasteiger partial charge in [0.25, 0.3) is 0 Å². The molecule has 0 aromatic heterocycles. The average Bonchev–Trinajstić information content (AvgIpc) is 2.85. The quantitative estimate of drug-likeness (QED) is 0.696. The van der Waals surface area contributed by atoms with Gasteiger partial charge in [0.1, 0.15) is 0 Å². The summed E-state index contributed by atoms with van der Waals surface area (Å²) in [5, 5.41) is 0. The smallest absolute Gasteiger partial charge is 0.158 e. The van der Waals surface area contributed by atoms with Crippen molar-refractivity contribution in [3.63, 3.8) is 0 Å². The predicted molar refractivity (Wildman–Crippen MR) is 67.7 cm³/mol. The first-order valence-electron chi connectivity index (χ1n) is 7.10. The van der Waals surface area contributed by atoms with Crippen LogP contribution in [0, 0.1) is 11.3 Å². The maximum absolute atomic E-state index is 6.37. The molecule has 0 aromatic rings. The molecule has 4 unspecified atom stereocenters. The van der Waals surface area contributed by atoms with Crippen molar-refractivity contribution in [2.45, 2.75) is 63.8 Å². The maximum atomic E-state index is 6.37. The third-order valence-electron chi connectivity index (χ3n) is 5.30. The van der Waals surface area contributed by atoms with E-state index < -0.39 is 0 Å². The van der Waals surface area contributed by atoms with Gasteiger partial charge in [-0.2, -0.15) is 0 Å². The summed E-state index contributed by atoms with van der Waals surface area (Å²) in [7, 11) is 0. The summed E-state index contributed by atoms with van der Waals surface area (Å²) in [5.41, 5.74) is 0.193. The summed E-state index contributed by atoms with van der Waals surface area (Å²) < 4.78 is 12.1. The molecule has 1 saturated heterocycles. The molecule has 2 saturated carbocycles. The normalized spacial score (nSPS) is 49.5. The summed E-state index contributed by atoms with van der Waals surface area (Å²) in [6.45, 7) is 7.23. The molecule has 0 N–H and O–H groups in total. The van der Waals surface area contributed by atoms with E-state index in [9.17, 15) is 0 Å². The summed E-state index contributed by atoms with van der Waals surface area (Å²) in [5.74, 6) is 0.849. The molecular weight excluding hydrogens is 212 g/mol. The van der Waals surface area contributed by atoms with E-state index in [1.54, 1.807) is 0 Å². The van der Waals surface area contributed by atoms with Crippen molar-refractivity contribution in [2.24, 2.45) is 11.3 Å². The Balaban J connectivity index is 1.74. The Bertz CT molecular complexity index is 308. The second kappa shape index (κ2) is 4.10. The highest BCUT2D eigenvalue weighted by molar-refractivity contribution is 5.17. The van der Waals surface area contributed by atoms with E-state index in [0.29, 0.717) is 0 Å². The highest BCUT2D eigenvalue weighted by Crippen LogP contribution is 2.62. The van der Waals surface area contributed by atoms with Crippen LogP contribution in [0.5, 0.6) is 0 Å². The Morgan fingerprint density at radius 1 is 1.29 bits per heavy atom. The van der Waals surface area contributed by atoms with Crippen LogP contribution in [0.3, 0.4) is 0 Å². The molecule has 1 heterocycles. The first-order valence-corrected chi connectivity index (χ1v) is 7.10. The molecule has 1 aliphatic heterocycles. The second-order valence-corrected chi connectivity index (χ2v) is 6.32. The molecule has 3 rings (SSSR count). The molecule has 0 aromatic carbocycles. The topological polar surface area (TPSA) is 18.5 Å². The van der Waals surface area contributed by atoms with E-state index in [1.807, 2.05) is 0 Å². The van der Waals surface area contributed by atoms with Gasteiger partial charge in [-0.25, -0.2) is 0 Å². The summed E-state index contributed by atoms with van der Waals surface area (Å²) in [4.78, 5) is 0.